The van der Waals surface area contributed by atoms with Crippen molar-refractivity contribution in [2.75, 3.05) is 26.3 Å². The second-order valence-electron chi connectivity index (χ2n) is 6.66. The Hall–Kier alpha value is -0.900. The highest BCUT2D eigenvalue weighted by atomic mass is 16.5. The van der Waals surface area contributed by atoms with Crippen molar-refractivity contribution in [3.05, 3.63) is 34.9 Å². The van der Waals surface area contributed by atoms with Gasteiger partial charge in [-0.3, -0.25) is 4.90 Å². The van der Waals surface area contributed by atoms with E-state index in [1.807, 2.05) is 0 Å². The zero-order chi connectivity index (χ0) is 14.9. The molecule has 0 spiro atoms. The third kappa shape index (κ3) is 2.75. The number of ether oxygens (including phenoxy) is 1. The molecule has 21 heavy (non-hydrogen) atoms. The van der Waals surface area contributed by atoms with Crippen molar-refractivity contribution in [1.29, 1.82) is 0 Å². The zero-order valence-corrected chi connectivity index (χ0v) is 13.3. The van der Waals surface area contributed by atoms with Gasteiger partial charge in [0, 0.05) is 13.1 Å². The third-order valence-electron chi connectivity index (χ3n) is 5.47. The molecule has 1 unspecified atom stereocenters. The average molecular weight is 289 g/mol. The molecule has 1 saturated carbocycles. The van der Waals surface area contributed by atoms with Gasteiger partial charge in [-0.1, -0.05) is 31.0 Å². The van der Waals surface area contributed by atoms with E-state index in [2.05, 4.69) is 36.9 Å². The molecular weight excluding hydrogens is 262 g/mol. The quantitative estimate of drug-likeness (QED) is 0.928. The van der Waals surface area contributed by atoms with Crippen molar-refractivity contribution in [2.45, 2.75) is 51.2 Å². The summed E-state index contributed by atoms with van der Waals surface area (Å²) in [5.41, 5.74) is 3.55. The molecule has 1 atom stereocenters. The Balaban J connectivity index is 1.90. The van der Waals surface area contributed by atoms with Crippen LogP contribution in [-0.2, 0) is 4.74 Å². The van der Waals surface area contributed by atoms with Crippen LogP contribution in [0.25, 0.3) is 0 Å². The summed E-state index contributed by atoms with van der Waals surface area (Å²) in [5, 5.41) is 11.2. The Labute approximate surface area is 127 Å². The molecule has 0 amide bonds. The number of aryl methyl sites for hydroxylation is 2. The van der Waals surface area contributed by atoms with E-state index in [0.717, 1.165) is 44.7 Å². The van der Waals surface area contributed by atoms with Gasteiger partial charge in [-0.05, 0) is 43.4 Å². The van der Waals surface area contributed by atoms with Crippen molar-refractivity contribution in [3.63, 3.8) is 0 Å². The molecule has 1 aliphatic heterocycles. The molecule has 3 heteroatoms. The normalized spacial score (nSPS) is 24.1. The van der Waals surface area contributed by atoms with E-state index in [1.54, 1.807) is 0 Å². The number of morpholine rings is 1. The Kier molecular flexibility index (Phi) is 4.34. The van der Waals surface area contributed by atoms with Gasteiger partial charge in [0.2, 0.25) is 0 Å². The Bertz CT molecular complexity index is 488. The lowest BCUT2D eigenvalue weighted by atomic mass is 9.83. The van der Waals surface area contributed by atoms with Crippen LogP contribution < -0.4 is 0 Å². The van der Waals surface area contributed by atoms with E-state index in [9.17, 15) is 5.11 Å². The van der Waals surface area contributed by atoms with E-state index in [0.29, 0.717) is 0 Å². The maximum Gasteiger partial charge on any atom is 0.0973 e. The van der Waals surface area contributed by atoms with Crippen molar-refractivity contribution in [1.82, 2.24) is 4.90 Å². The minimum absolute atomic E-state index is 0.0779. The maximum absolute atomic E-state index is 11.2. The predicted octanol–water partition coefficient (Wildman–Crippen LogP) is 2.98. The highest BCUT2D eigenvalue weighted by Crippen LogP contribution is 2.45. The lowest BCUT2D eigenvalue weighted by Crippen LogP contribution is -2.55. The molecule has 1 aromatic carbocycles. The molecule has 1 saturated heterocycles. The topological polar surface area (TPSA) is 32.7 Å². The molecule has 3 nitrogen and oxygen atoms in total. The molecule has 0 bridgehead atoms. The minimum Gasteiger partial charge on any atom is -0.386 e. The first-order valence-corrected chi connectivity index (χ1v) is 8.21. The van der Waals surface area contributed by atoms with Gasteiger partial charge >= 0.3 is 0 Å². The Morgan fingerprint density at radius 1 is 1.10 bits per heavy atom. The molecule has 2 aliphatic rings. The summed E-state index contributed by atoms with van der Waals surface area (Å²) in [5.74, 6) is 0. The largest absolute Gasteiger partial charge is 0.386 e. The van der Waals surface area contributed by atoms with E-state index in [4.69, 9.17) is 4.74 Å². The summed E-state index contributed by atoms with van der Waals surface area (Å²) in [4.78, 5) is 2.49. The predicted molar refractivity (Wildman–Crippen MR) is 84.5 cm³/mol. The second-order valence-corrected chi connectivity index (χ2v) is 6.66. The number of benzene rings is 1. The van der Waals surface area contributed by atoms with Crippen LogP contribution in [0.5, 0.6) is 0 Å². The first kappa shape index (κ1) is 15.0. The average Bonchev–Trinajstić information content (AvgIpc) is 3.01. The molecule has 0 radical (unpaired) electrons. The summed E-state index contributed by atoms with van der Waals surface area (Å²) >= 11 is 0. The number of hydrogen-bond acceptors (Lipinski definition) is 3. The molecule has 1 aliphatic carbocycles. The molecule has 1 aromatic rings. The smallest absolute Gasteiger partial charge is 0.0973 e. The van der Waals surface area contributed by atoms with Crippen LogP contribution in [0.2, 0.25) is 0 Å². The van der Waals surface area contributed by atoms with Gasteiger partial charge in [0.25, 0.3) is 0 Å². The summed E-state index contributed by atoms with van der Waals surface area (Å²) in [6.45, 7) is 7.73. The standard InChI is InChI=1S/C18H27NO2/c1-14-5-6-16(13-15(14)2)17(20)18(7-3-4-8-18)19-9-11-21-12-10-19/h5-6,13,17,20H,3-4,7-12H2,1-2H3. The Morgan fingerprint density at radius 2 is 1.76 bits per heavy atom. The summed E-state index contributed by atoms with van der Waals surface area (Å²) < 4.78 is 5.50. The van der Waals surface area contributed by atoms with Gasteiger partial charge in [0.15, 0.2) is 0 Å². The zero-order valence-electron chi connectivity index (χ0n) is 13.3. The van der Waals surface area contributed by atoms with Gasteiger partial charge in [0.05, 0.1) is 24.9 Å². The fraction of sp³-hybridized carbons (Fsp3) is 0.667. The summed E-state index contributed by atoms with van der Waals surface area (Å²) in [6.07, 6.45) is 4.25. The van der Waals surface area contributed by atoms with Crippen molar-refractivity contribution < 1.29 is 9.84 Å². The van der Waals surface area contributed by atoms with Crippen LogP contribution in [-0.4, -0.2) is 41.8 Å². The fourth-order valence-corrected chi connectivity index (χ4v) is 4.00. The number of nitrogens with zero attached hydrogens (tertiary/aromatic N) is 1. The number of aliphatic hydroxyl groups excluding tert-OH is 1. The van der Waals surface area contributed by atoms with Gasteiger partial charge < -0.3 is 9.84 Å². The summed E-state index contributed by atoms with van der Waals surface area (Å²) in [7, 11) is 0. The lowest BCUT2D eigenvalue weighted by molar-refractivity contribution is -0.0774. The monoisotopic (exact) mass is 289 g/mol. The molecular formula is C18H27NO2. The molecule has 116 valence electrons. The van der Waals surface area contributed by atoms with Gasteiger partial charge in [-0.25, -0.2) is 0 Å². The molecule has 2 fully saturated rings. The van der Waals surface area contributed by atoms with E-state index < -0.39 is 6.10 Å². The number of rotatable bonds is 3. The summed E-state index contributed by atoms with van der Waals surface area (Å²) in [6, 6.07) is 6.41. The van der Waals surface area contributed by atoms with E-state index in [-0.39, 0.29) is 5.54 Å². The van der Waals surface area contributed by atoms with Crippen LogP contribution in [0.4, 0.5) is 0 Å². The molecule has 3 rings (SSSR count). The Morgan fingerprint density at radius 3 is 2.38 bits per heavy atom. The van der Waals surface area contributed by atoms with Crippen LogP contribution in [0.1, 0.15) is 48.5 Å². The maximum atomic E-state index is 11.2. The van der Waals surface area contributed by atoms with Gasteiger partial charge in [0.1, 0.15) is 0 Å². The molecule has 1 N–H and O–H groups in total. The van der Waals surface area contributed by atoms with Gasteiger partial charge in [-0.15, -0.1) is 0 Å². The number of hydrogen-bond donors (Lipinski definition) is 1. The highest BCUT2D eigenvalue weighted by molar-refractivity contribution is 5.33. The first-order chi connectivity index (χ1) is 10.1. The number of aliphatic hydroxyl groups is 1. The fourth-order valence-electron chi connectivity index (χ4n) is 4.00. The molecule has 0 aromatic heterocycles. The lowest BCUT2D eigenvalue weighted by Gasteiger charge is -2.46. The van der Waals surface area contributed by atoms with Crippen LogP contribution >= 0.6 is 0 Å². The van der Waals surface area contributed by atoms with Crippen molar-refractivity contribution in [2.24, 2.45) is 0 Å². The SMILES string of the molecule is Cc1ccc(C(O)C2(N3CCOCC3)CCCC2)cc1C. The van der Waals surface area contributed by atoms with E-state index >= 15 is 0 Å². The third-order valence-corrected chi connectivity index (χ3v) is 5.47. The van der Waals surface area contributed by atoms with Crippen molar-refractivity contribution >= 4 is 0 Å². The molecule has 1 heterocycles. The minimum atomic E-state index is -0.391. The second kappa shape index (κ2) is 6.07. The highest BCUT2D eigenvalue weighted by Gasteiger charge is 2.46. The van der Waals surface area contributed by atoms with Crippen LogP contribution in [0.15, 0.2) is 18.2 Å². The van der Waals surface area contributed by atoms with Crippen LogP contribution in [0.3, 0.4) is 0 Å². The van der Waals surface area contributed by atoms with Crippen molar-refractivity contribution in [3.8, 4) is 0 Å². The first-order valence-electron chi connectivity index (χ1n) is 8.21. The van der Waals surface area contributed by atoms with Crippen LogP contribution in [0, 0.1) is 13.8 Å². The van der Waals surface area contributed by atoms with E-state index in [1.165, 1.54) is 24.0 Å². The van der Waals surface area contributed by atoms with Gasteiger partial charge in [-0.2, -0.15) is 0 Å².